The van der Waals surface area contributed by atoms with E-state index in [2.05, 4.69) is 71.7 Å². The zero-order chi connectivity index (χ0) is 22.6. The first kappa shape index (κ1) is 28.4. The van der Waals surface area contributed by atoms with E-state index in [1.165, 1.54) is 6.42 Å². The highest BCUT2D eigenvalue weighted by atomic mass is 32.1. The molecule has 1 rings (SSSR count). The van der Waals surface area contributed by atoms with Crippen LogP contribution in [0.1, 0.15) is 67.7 Å². The summed E-state index contributed by atoms with van der Waals surface area (Å²) in [5.41, 5.74) is 0.0409. The molecule has 0 aromatic rings. The lowest BCUT2D eigenvalue weighted by atomic mass is 9.88. The predicted octanol–water partition coefficient (Wildman–Crippen LogP) is 3.63. The van der Waals surface area contributed by atoms with Crippen molar-refractivity contribution < 1.29 is 9.59 Å². The topological polar surface area (TPSA) is 61.4 Å². The van der Waals surface area contributed by atoms with E-state index in [9.17, 15) is 9.59 Å². The van der Waals surface area contributed by atoms with Gasteiger partial charge in [-0.3, -0.25) is 9.69 Å². The monoisotopic (exact) mass is 429 g/mol. The van der Waals surface area contributed by atoms with Crippen molar-refractivity contribution >= 4 is 24.8 Å². The fourth-order valence-electron chi connectivity index (χ4n) is 4.18. The number of carbonyl (C=O) groups excluding carboxylic acids is 2. The lowest BCUT2D eigenvalue weighted by Gasteiger charge is -2.27. The SMILES string of the molecule is CC(S)CC(C)(C)CNC(=O)CN1CC(C)CC1C=O.CNCC(C)CC(C)C. The van der Waals surface area contributed by atoms with Gasteiger partial charge in [0.15, 0.2) is 0 Å². The Kier molecular flexibility index (Phi) is 14.1. The smallest absolute Gasteiger partial charge is 0.234 e. The van der Waals surface area contributed by atoms with Gasteiger partial charge in [0.2, 0.25) is 5.91 Å². The van der Waals surface area contributed by atoms with Crippen molar-refractivity contribution in [3.05, 3.63) is 0 Å². The molecule has 29 heavy (non-hydrogen) atoms. The highest BCUT2D eigenvalue weighted by Crippen LogP contribution is 2.24. The summed E-state index contributed by atoms with van der Waals surface area (Å²) in [4.78, 5) is 25.0. The van der Waals surface area contributed by atoms with Crippen LogP contribution in [0, 0.1) is 23.2 Å². The molecular formula is C23H47N3O2S. The zero-order valence-corrected chi connectivity index (χ0v) is 21.0. The second-order valence-electron chi connectivity index (χ2n) is 10.3. The molecule has 1 aliphatic heterocycles. The second-order valence-corrected chi connectivity index (χ2v) is 11.1. The maximum atomic E-state index is 12.0. The summed E-state index contributed by atoms with van der Waals surface area (Å²) < 4.78 is 0. The summed E-state index contributed by atoms with van der Waals surface area (Å²) in [5, 5.41) is 6.48. The first-order valence-electron chi connectivity index (χ1n) is 11.2. The van der Waals surface area contributed by atoms with E-state index in [-0.39, 0.29) is 17.4 Å². The summed E-state index contributed by atoms with van der Waals surface area (Å²) >= 11 is 4.40. The van der Waals surface area contributed by atoms with Gasteiger partial charge in [-0.1, -0.05) is 48.5 Å². The summed E-state index contributed by atoms with van der Waals surface area (Å²) in [7, 11) is 2.01. The summed E-state index contributed by atoms with van der Waals surface area (Å²) in [6, 6.07) is -0.0961. The number of likely N-dealkylation sites (tertiary alicyclic amines) is 1. The molecule has 1 saturated heterocycles. The number of rotatable bonds is 11. The van der Waals surface area contributed by atoms with Gasteiger partial charge >= 0.3 is 0 Å². The zero-order valence-electron chi connectivity index (χ0n) is 20.1. The molecule has 6 heteroatoms. The van der Waals surface area contributed by atoms with Gasteiger partial charge < -0.3 is 15.4 Å². The third kappa shape index (κ3) is 14.1. The average Bonchev–Trinajstić information content (AvgIpc) is 2.91. The number of hydrogen-bond donors (Lipinski definition) is 3. The standard InChI is InChI=1S/C15H28N2O2S.C8H19N/c1-11-5-13(9-18)17(7-11)8-14(19)16-10-15(3,4)6-12(2)20;1-7(2)5-8(3)6-9-4/h9,11-13,20H,5-8,10H2,1-4H3,(H,16,19);7-9H,5-6H2,1-4H3. The van der Waals surface area contributed by atoms with Crippen LogP contribution in [0.2, 0.25) is 0 Å². The summed E-state index contributed by atoms with van der Waals surface area (Å²) in [6.07, 6.45) is 4.11. The molecule has 0 aliphatic carbocycles. The molecule has 0 aromatic heterocycles. The molecule has 4 unspecified atom stereocenters. The minimum Gasteiger partial charge on any atom is -0.354 e. The molecular weight excluding hydrogens is 382 g/mol. The summed E-state index contributed by atoms with van der Waals surface area (Å²) in [6.45, 7) is 18.2. The molecule has 0 aromatic carbocycles. The van der Waals surface area contributed by atoms with Gasteiger partial charge in [0.25, 0.3) is 0 Å². The van der Waals surface area contributed by atoms with Crippen LogP contribution in [0.3, 0.4) is 0 Å². The molecule has 1 aliphatic rings. The maximum absolute atomic E-state index is 12.0. The Hall–Kier alpha value is -0.590. The molecule has 5 nitrogen and oxygen atoms in total. The van der Waals surface area contributed by atoms with E-state index >= 15 is 0 Å². The van der Waals surface area contributed by atoms with Gasteiger partial charge in [0.05, 0.1) is 12.6 Å². The number of hydrogen-bond acceptors (Lipinski definition) is 5. The van der Waals surface area contributed by atoms with Gasteiger partial charge in [0, 0.05) is 13.1 Å². The van der Waals surface area contributed by atoms with Crippen molar-refractivity contribution in [1.82, 2.24) is 15.5 Å². The van der Waals surface area contributed by atoms with Crippen LogP contribution in [0.4, 0.5) is 0 Å². The van der Waals surface area contributed by atoms with Crippen molar-refractivity contribution in [2.24, 2.45) is 23.2 Å². The second kappa shape index (κ2) is 14.4. The number of nitrogens with zero attached hydrogens (tertiary/aromatic N) is 1. The Balaban J connectivity index is 0.000000734. The molecule has 1 heterocycles. The highest BCUT2D eigenvalue weighted by molar-refractivity contribution is 7.80. The van der Waals surface area contributed by atoms with Crippen molar-refractivity contribution in [2.45, 2.75) is 79.0 Å². The molecule has 4 atom stereocenters. The van der Waals surface area contributed by atoms with Crippen LogP contribution in [0.5, 0.6) is 0 Å². The minimum atomic E-state index is -0.0961. The summed E-state index contributed by atoms with van der Waals surface area (Å²) in [5.74, 6) is 2.16. The molecule has 2 N–H and O–H groups in total. The van der Waals surface area contributed by atoms with E-state index in [0.717, 1.165) is 44.1 Å². The van der Waals surface area contributed by atoms with Crippen LogP contribution in [0.15, 0.2) is 0 Å². The van der Waals surface area contributed by atoms with Gasteiger partial charge in [-0.25, -0.2) is 0 Å². The predicted molar refractivity (Wildman–Crippen MR) is 128 cm³/mol. The third-order valence-corrected chi connectivity index (χ3v) is 5.38. The van der Waals surface area contributed by atoms with E-state index in [1.807, 2.05) is 11.9 Å². The van der Waals surface area contributed by atoms with Gasteiger partial charge in [-0.15, -0.1) is 0 Å². The third-order valence-electron chi connectivity index (χ3n) is 5.20. The number of nitrogens with one attached hydrogen (secondary N) is 2. The minimum absolute atomic E-state index is 0.00541. The van der Waals surface area contributed by atoms with Crippen molar-refractivity contribution in [3.63, 3.8) is 0 Å². The Morgan fingerprint density at radius 3 is 2.38 bits per heavy atom. The van der Waals surface area contributed by atoms with Crippen molar-refractivity contribution in [1.29, 1.82) is 0 Å². The molecule has 1 amide bonds. The molecule has 0 radical (unpaired) electrons. The Morgan fingerprint density at radius 1 is 1.28 bits per heavy atom. The van der Waals surface area contributed by atoms with Gasteiger partial charge in [-0.2, -0.15) is 12.6 Å². The van der Waals surface area contributed by atoms with E-state index in [4.69, 9.17) is 0 Å². The fourth-order valence-corrected chi connectivity index (χ4v) is 4.68. The molecule has 172 valence electrons. The molecule has 1 fully saturated rings. The number of carbonyl (C=O) groups is 2. The number of thiol groups is 1. The quantitative estimate of drug-likeness (QED) is 0.347. The molecule has 0 bridgehead atoms. The Bertz CT molecular complexity index is 469. The molecule has 0 saturated carbocycles. The van der Waals surface area contributed by atoms with Crippen molar-refractivity contribution in [3.8, 4) is 0 Å². The van der Waals surface area contributed by atoms with Gasteiger partial charge in [-0.05, 0) is 61.3 Å². The van der Waals surface area contributed by atoms with E-state index in [1.54, 1.807) is 0 Å². The fraction of sp³-hybridized carbons (Fsp3) is 0.913. The largest absolute Gasteiger partial charge is 0.354 e. The Morgan fingerprint density at radius 2 is 1.90 bits per heavy atom. The first-order chi connectivity index (χ1) is 13.4. The normalized spacial score (nSPS) is 22.0. The number of aldehydes is 1. The lowest BCUT2D eigenvalue weighted by Crippen LogP contribution is -2.43. The van der Waals surface area contributed by atoms with Crippen LogP contribution in [0.25, 0.3) is 0 Å². The van der Waals surface area contributed by atoms with Crippen molar-refractivity contribution in [2.75, 3.05) is 33.2 Å². The van der Waals surface area contributed by atoms with Gasteiger partial charge in [0.1, 0.15) is 6.29 Å². The van der Waals surface area contributed by atoms with Crippen LogP contribution in [-0.4, -0.2) is 61.6 Å². The van der Waals surface area contributed by atoms with Crippen LogP contribution in [-0.2, 0) is 9.59 Å². The highest BCUT2D eigenvalue weighted by Gasteiger charge is 2.30. The molecule has 0 spiro atoms. The first-order valence-corrected chi connectivity index (χ1v) is 11.7. The van der Waals surface area contributed by atoms with Crippen LogP contribution >= 0.6 is 12.6 Å². The van der Waals surface area contributed by atoms with E-state index < -0.39 is 0 Å². The maximum Gasteiger partial charge on any atom is 0.234 e. The van der Waals surface area contributed by atoms with E-state index in [0.29, 0.717) is 24.3 Å². The van der Waals surface area contributed by atoms with Crippen LogP contribution < -0.4 is 10.6 Å². The average molecular weight is 430 g/mol. The number of amides is 1. The Labute approximate surface area is 185 Å². The lowest BCUT2D eigenvalue weighted by molar-refractivity contribution is -0.123.